The fraction of sp³-hybridized carbons (Fsp3) is 0.318. The number of ether oxygens (including phenoxy) is 1. The predicted octanol–water partition coefficient (Wildman–Crippen LogP) is 3.63. The zero-order valence-electron chi connectivity index (χ0n) is 15.8. The lowest BCUT2D eigenvalue weighted by molar-refractivity contribution is -0.144. The molecular weight excluding hydrogens is 340 g/mol. The van der Waals surface area contributed by atoms with E-state index in [9.17, 15) is 9.59 Å². The Morgan fingerprint density at radius 1 is 1.11 bits per heavy atom. The molecule has 2 aromatic heterocycles. The van der Waals surface area contributed by atoms with Crippen molar-refractivity contribution in [3.8, 4) is 0 Å². The number of aryl methyl sites for hydroxylation is 2. The van der Waals surface area contributed by atoms with Crippen LogP contribution in [0.1, 0.15) is 42.1 Å². The predicted molar refractivity (Wildman–Crippen MR) is 105 cm³/mol. The van der Waals surface area contributed by atoms with E-state index in [0.717, 1.165) is 17.5 Å². The Balaban J connectivity index is 1.59. The second-order valence-corrected chi connectivity index (χ2v) is 6.78. The third-order valence-corrected chi connectivity index (χ3v) is 4.43. The van der Waals surface area contributed by atoms with E-state index in [2.05, 4.69) is 24.0 Å². The summed E-state index contributed by atoms with van der Waals surface area (Å²) < 4.78 is 6.79. The number of unbranched alkanes of at least 4 members (excludes halogenated alkanes) is 1. The van der Waals surface area contributed by atoms with Gasteiger partial charge >= 0.3 is 5.97 Å². The van der Waals surface area contributed by atoms with Crippen molar-refractivity contribution < 1.29 is 9.53 Å². The van der Waals surface area contributed by atoms with Crippen LogP contribution in [0.25, 0.3) is 5.65 Å². The molecule has 3 aromatic rings. The summed E-state index contributed by atoms with van der Waals surface area (Å²) in [6.07, 6.45) is 5.34. The monoisotopic (exact) mass is 364 g/mol. The highest BCUT2D eigenvalue weighted by atomic mass is 16.5. The van der Waals surface area contributed by atoms with Crippen molar-refractivity contribution in [3.05, 3.63) is 81.4 Å². The lowest BCUT2D eigenvalue weighted by Crippen LogP contribution is -2.17. The molecule has 0 aliphatic rings. The largest absolute Gasteiger partial charge is 0.459 e. The lowest BCUT2D eigenvalue weighted by Gasteiger charge is -2.07. The number of hydrogen-bond acceptors (Lipinski definition) is 4. The molecule has 27 heavy (non-hydrogen) atoms. The highest BCUT2D eigenvalue weighted by Crippen LogP contribution is 2.10. The van der Waals surface area contributed by atoms with Gasteiger partial charge < -0.3 is 4.74 Å². The van der Waals surface area contributed by atoms with Crippen molar-refractivity contribution in [2.24, 2.45) is 0 Å². The van der Waals surface area contributed by atoms with Crippen LogP contribution in [0.2, 0.25) is 0 Å². The summed E-state index contributed by atoms with van der Waals surface area (Å²) in [5.41, 5.74) is 3.99. The molecule has 0 unspecified atom stereocenters. The molecule has 0 amide bonds. The van der Waals surface area contributed by atoms with Crippen LogP contribution in [-0.4, -0.2) is 15.4 Å². The Labute approximate surface area is 158 Å². The fourth-order valence-electron chi connectivity index (χ4n) is 2.91. The van der Waals surface area contributed by atoms with Crippen LogP contribution in [0.15, 0.2) is 53.5 Å². The normalized spacial score (nSPS) is 10.9. The Bertz CT molecular complexity index is 991. The van der Waals surface area contributed by atoms with Gasteiger partial charge in [-0.25, -0.2) is 4.98 Å². The lowest BCUT2D eigenvalue weighted by atomic mass is 10.1. The number of nitrogens with zero attached hydrogens (tertiary/aromatic N) is 2. The van der Waals surface area contributed by atoms with Gasteiger partial charge in [0, 0.05) is 12.3 Å². The number of hydrogen-bond donors (Lipinski definition) is 0. The van der Waals surface area contributed by atoms with Gasteiger partial charge in [0.2, 0.25) is 0 Å². The molecule has 0 aliphatic carbocycles. The molecule has 0 fully saturated rings. The highest BCUT2D eigenvalue weighted by molar-refractivity contribution is 5.72. The van der Waals surface area contributed by atoms with Crippen LogP contribution in [-0.2, 0) is 29.0 Å². The van der Waals surface area contributed by atoms with E-state index in [1.807, 2.05) is 25.1 Å². The minimum atomic E-state index is -0.331. The molecule has 0 radical (unpaired) electrons. The van der Waals surface area contributed by atoms with Gasteiger partial charge in [0.05, 0.1) is 12.1 Å². The van der Waals surface area contributed by atoms with Crippen molar-refractivity contribution in [3.63, 3.8) is 0 Å². The summed E-state index contributed by atoms with van der Waals surface area (Å²) in [5.74, 6) is -0.331. The Morgan fingerprint density at radius 2 is 1.85 bits per heavy atom. The molecule has 0 saturated carbocycles. The SMILES string of the molecule is CCCCc1ccc(CC(=O)OCc2cc(=O)n3cc(C)ccc3n2)cc1. The van der Waals surface area contributed by atoms with E-state index in [-0.39, 0.29) is 24.6 Å². The number of esters is 1. The molecule has 0 bridgehead atoms. The third-order valence-electron chi connectivity index (χ3n) is 4.43. The van der Waals surface area contributed by atoms with Gasteiger partial charge in [-0.05, 0) is 42.5 Å². The van der Waals surface area contributed by atoms with Crippen molar-refractivity contribution >= 4 is 11.6 Å². The first-order valence-corrected chi connectivity index (χ1v) is 9.27. The van der Waals surface area contributed by atoms with Crippen LogP contribution in [0.4, 0.5) is 0 Å². The second kappa shape index (κ2) is 8.62. The summed E-state index contributed by atoms with van der Waals surface area (Å²) >= 11 is 0. The maximum absolute atomic E-state index is 12.2. The molecule has 5 nitrogen and oxygen atoms in total. The molecule has 0 atom stereocenters. The van der Waals surface area contributed by atoms with Crippen LogP contribution >= 0.6 is 0 Å². The summed E-state index contributed by atoms with van der Waals surface area (Å²) in [5, 5.41) is 0. The van der Waals surface area contributed by atoms with E-state index in [1.54, 1.807) is 12.3 Å². The van der Waals surface area contributed by atoms with Crippen molar-refractivity contribution in [1.29, 1.82) is 0 Å². The number of carbonyl (C=O) groups is 1. The molecule has 2 heterocycles. The number of fused-ring (bicyclic) bond motifs is 1. The molecule has 0 saturated heterocycles. The molecular formula is C22H24N2O3. The Hall–Kier alpha value is -2.95. The first-order valence-electron chi connectivity index (χ1n) is 9.27. The standard InChI is InChI=1S/C22H24N2O3/c1-3-4-5-17-7-9-18(10-8-17)12-22(26)27-15-19-13-21(25)24-14-16(2)6-11-20(24)23-19/h6-11,13-14H,3-5,12,15H2,1-2H3. The van der Waals surface area contributed by atoms with Gasteiger partial charge in [-0.1, -0.05) is 43.7 Å². The minimum absolute atomic E-state index is 0.00691. The maximum atomic E-state index is 12.2. The van der Waals surface area contributed by atoms with Gasteiger partial charge in [0.1, 0.15) is 12.3 Å². The van der Waals surface area contributed by atoms with E-state index in [4.69, 9.17) is 4.74 Å². The molecule has 0 aliphatic heterocycles. The Kier molecular flexibility index (Phi) is 6.01. The number of aromatic nitrogens is 2. The molecule has 0 spiro atoms. The average Bonchev–Trinajstić information content (AvgIpc) is 2.66. The zero-order valence-corrected chi connectivity index (χ0v) is 15.8. The van der Waals surface area contributed by atoms with Gasteiger partial charge in [-0.3, -0.25) is 14.0 Å². The van der Waals surface area contributed by atoms with Crippen LogP contribution in [0.3, 0.4) is 0 Å². The molecule has 1 aromatic carbocycles. The van der Waals surface area contributed by atoms with Crippen LogP contribution in [0, 0.1) is 6.92 Å². The summed E-state index contributed by atoms with van der Waals surface area (Å²) in [6, 6.07) is 13.1. The summed E-state index contributed by atoms with van der Waals surface area (Å²) in [6.45, 7) is 4.08. The van der Waals surface area contributed by atoms with Gasteiger partial charge in [0.25, 0.3) is 5.56 Å². The second-order valence-electron chi connectivity index (χ2n) is 6.78. The van der Waals surface area contributed by atoms with E-state index in [0.29, 0.717) is 11.3 Å². The van der Waals surface area contributed by atoms with Crippen LogP contribution in [0.5, 0.6) is 0 Å². The molecule has 5 heteroatoms. The van der Waals surface area contributed by atoms with E-state index >= 15 is 0 Å². The fourth-order valence-corrected chi connectivity index (χ4v) is 2.91. The number of pyridine rings is 1. The van der Waals surface area contributed by atoms with E-state index < -0.39 is 0 Å². The van der Waals surface area contributed by atoms with Gasteiger partial charge in [0.15, 0.2) is 0 Å². The average molecular weight is 364 g/mol. The van der Waals surface area contributed by atoms with Gasteiger partial charge in [-0.15, -0.1) is 0 Å². The minimum Gasteiger partial charge on any atom is -0.459 e. The first-order chi connectivity index (χ1) is 13.0. The number of benzene rings is 1. The van der Waals surface area contributed by atoms with Crippen LogP contribution < -0.4 is 5.56 Å². The molecule has 140 valence electrons. The van der Waals surface area contributed by atoms with Crippen molar-refractivity contribution in [1.82, 2.24) is 9.38 Å². The summed E-state index contributed by atoms with van der Waals surface area (Å²) in [4.78, 5) is 28.7. The maximum Gasteiger partial charge on any atom is 0.310 e. The van der Waals surface area contributed by atoms with E-state index in [1.165, 1.54) is 28.9 Å². The highest BCUT2D eigenvalue weighted by Gasteiger charge is 2.08. The Morgan fingerprint density at radius 3 is 2.59 bits per heavy atom. The quantitative estimate of drug-likeness (QED) is 0.601. The van der Waals surface area contributed by atoms with Crippen molar-refractivity contribution in [2.45, 2.75) is 46.1 Å². The topological polar surface area (TPSA) is 60.7 Å². The molecule has 0 N–H and O–H groups in total. The van der Waals surface area contributed by atoms with Gasteiger partial charge in [-0.2, -0.15) is 0 Å². The zero-order chi connectivity index (χ0) is 19.2. The number of rotatable bonds is 7. The summed E-state index contributed by atoms with van der Waals surface area (Å²) in [7, 11) is 0. The van der Waals surface area contributed by atoms with Crippen molar-refractivity contribution in [2.75, 3.05) is 0 Å². The first kappa shape index (κ1) is 18.8. The third kappa shape index (κ3) is 5.03. The number of carbonyl (C=O) groups excluding carboxylic acids is 1. The smallest absolute Gasteiger partial charge is 0.310 e. The molecule has 3 rings (SSSR count).